The molecule has 0 saturated heterocycles. The summed E-state index contributed by atoms with van der Waals surface area (Å²) in [4.78, 5) is 0. The van der Waals surface area contributed by atoms with Gasteiger partial charge in [-0.1, -0.05) is 6.07 Å². The molecule has 0 heterocycles. The number of rotatable bonds is 0. The Kier molecular flexibility index (Phi) is 1.62. The highest BCUT2D eigenvalue weighted by molar-refractivity contribution is 5.88. The number of benzene rings is 2. The van der Waals surface area contributed by atoms with Gasteiger partial charge in [-0.05, 0) is 47.5 Å². The van der Waals surface area contributed by atoms with Crippen molar-refractivity contribution in [2.45, 2.75) is 6.92 Å². The number of phenolic OH excluding ortho intramolecular Hbond substituents is 2. The van der Waals surface area contributed by atoms with Gasteiger partial charge in [0.05, 0.1) is 0 Å². The second-order valence-corrected chi connectivity index (χ2v) is 3.17. The first kappa shape index (κ1) is 7.92. The first-order chi connectivity index (χ1) is 6.16. The Bertz CT molecular complexity index is 461. The van der Waals surface area contributed by atoms with Crippen molar-refractivity contribution in [2.24, 2.45) is 0 Å². The minimum absolute atomic E-state index is 0.251. The predicted octanol–water partition coefficient (Wildman–Crippen LogP) is 2.56. The van der Waals surface area contributed by atoms with E-state index in [2.05, 4.69) is 0 Å². The maximum absolute atomic E-state index is 9.32. The number of aromatic hydroxyl groups is 2. The van der Waals surface area contributed by atoms with Crippen LogP contribution in [0.3, 0.4) is 0 Å². The van der Waals surface area contributed by atoms with Crippen molar-refractivity contribution >= 4 is 10.8 Å². The zero-order valence-electron chi connectivity index (χ0n) is 7.28. The van der Waals surface area contributed by atoms with E-state index in [1.807, 2.05) is 6.92 Å². The van der Waals surface area contributed by atoms with Gasteiger partial charge in [-0.2, -0.15) is 0 Å². The molecule has 2 aromatic rings. The molecule has 0 aliphatic carbocycles. The van der Waals surface area contributed by atoms with E-state index in [-0.39, 0.29) is 11.5 Å². The summed E-state index contributed by atoms with van der Waals surface area (Å²) < 4.78 is 0. The Hall–Kier alpha value is -1.70. The lowest BCUT2D eigenvalue weighted by molar-refractivity contribution is 0.473. The second-order valence-electron chi connectivity index (χ2n) is 3.17. The minimum Gasteiger partial charge on any atom is -0.508 e. The lowest BCUT2D eigenvalue weighted by atomic mass is 10.0. The van der Waals surface area contributed by atoms with Crippen LogP contribution in [0.1, 0.15) is 5.56 Å². The first-order valence-corrected chi connectivity index (χ1v) is 4.09. The van der Waals surface area contributed by atoms with E-state index in [0.717, 1.165) is 16.3 Å². The number of phenols is 2. The molecule has 0 aliphatic heterocycles. The largest absolute Gasteiger partial charge is 0.508 e. The van der Waals surface area contributed by atoms with Crippen molar-refractivity contribution in [3.05, 3.63) is 35.9 Å². The molecule has 66 valence electrons. The number of fused-ring (bicyclic) bond motifs is 1. The highest BCUT2D eigenvalue weighted by Gasteiger charge is 2.00. The molecular weight excluding hydrogens is 164 g/mol. The van der Waals surface area contributed by atoms with Crippen LogP contribution in [0.4, 0.5) is 0 Å². The quantitative estimate of drug-likeness (QED) is 0.644. The van der Waals surface area contributed by atoms with E-state index in [0.29, 0.717) is 0 Å². The zero-order chi connectivity index (χ0) is 9.42. The molecule has 0 amide bonds. The van der Waals surface area contributed by atoms with Crippen molar-refractivity contribution in [1.29, 1.82) is 0 Å². The lowest BCUT2D eigenvalue weighted by Crippen LogP contribution is -1.78. The molecule has 2 nitrogen and oxygen atoms in total. The van der Waals surface area contributed by atoms with Gasteiger partial charge in [0.15, 0.2) is 0 Å². The van der Waals surface area contributed by atoms with Crippen LogP contribution >= 0.6 is 0 Å². The third-order valence-corrected chi connectivity index (χ3v) is 2.13. The van der Waals surface area contributed by atoms with Crippen molar-refractivity contribution in [3.8, 4) is 11.5 Å². The summed E-state index contributed by atoms with van der Waals surface area (Å²) >= 11 is 0. The van der Waals surface area contributed by atoms with Gasteiger partial charge in [0, 0.05) is 0 Å². The van der Waals surface area contributed by atoms with E-state index in [1.54, 1.807) is 30.3 Å². The van der Waals surface area contributed by atoms with Crippen LogP contribution in [0.5, 0.6) is 11.5 Å². The normalized spacial score (nSPS) is 10.5. The minimum atomic E-state index is 0.251. The zero-order valence-corrected chi connectivity index (χ0v) is 7.28. The van der Waals surface area contributed by atoms with Crippen molar-refractivity contribution in [1.82, 2.24) is 0 Å². The van der Waals surface area contributed by atoms with Gasteiger partial charge < -0.3 is 10.2 Å². The Morgan fingerprint density at radius 3 is 2.46 bits per heavy atom. The molecule has 2 heteroatoms. The molecule has 0 fully saturated rings. The highest BCUT2D eigenvalue weighted by atomic mass is 16.3. The Labute approximate surface area is 76.1 Å². The number of hydrogen-bond acceptors (Lipinski definition) is 2. The molecule has 13 heavy (non-hydrogen) atoms. The highest BCUT2D eigenvalue weighted by Crippen LogP contribution is 2.26. The van der Waals surface area contributed by atoms with Gasteiger partial charge >= 0.3 is 0 Å². The SMILES string of the molecule is Cc1cc(O)cc2ccc(O)cc12. The van der Waals surface area contributed by atoms with Gasteiger partial charge in [-0.3, -0.25) is 0 Å². The smallest absolute Gasteiger partial charge is 0.116 e. The molecule has 2 N–H and O–H groups in total. The Morgan fingerprint density at radius 2 is 1.69 bits per heavy atom. The molecule has 0 saturated carbocycles. The summed E-state index contributed by atoms with van der Waals surface area (Å²) in [6, 6.07) is 8.46. The van der Waals surface area contributed by atoms with Crippen molar-refractivity contribution in [3.63, 3.8) is 0 Å². The molecule has 0 aromatic heterocycles. The summed E-state index contributed by atoms with van der Waals surface area (Å²) in [6.45, 7) is 1.90. The topological polar surface area (TPSA) is 40.5 Å². The first-order valence-electron chi connectivity index (χ1n) is 4.09. The molecule has 2 aromatic carbocycles. The summed E-state index contributed by atoms with van der Waals surface area (Å²) in [5.74, 6) is 0.511. The van der Waals surface area contributed by atoms with Gasteiger partial charge in [0.1, 0.15) is 11.5 Å². The molecular formula is C11H10O2. The van der Waals surface area contributed by atoms with Crippen LogP contribution in [0.25, 0.3) is 10.8 Å². The fraction of sp³-hybridized carbons (Fsp3) is 0.0909. The van der Waals surface area contributed by atoms with E-state index < -0.39 is 0 Å². The van der Waals surface area contributed by atoms with Gasteiger partial charge in [-0.15, -0.1) is 0 Å². The molecule has 0 aliphatic rings. The average Bonchev–Trinajstić information content (AvgIpc) is 2.06. The van der Waals surface area contributed by atoms with Crippen LogP contribution in [-0.2, 0) is 0 Å². The van der Waals surface area contributed by atoms with Crippen LogP contribution in [0.2, 0.25) is 0 Å². The lowest BCUT2D eigenvalue weighted by Gasteiger charge is -2.03. The summed E-state index contributed by atoms with van der Waals surface area (Å²) in [7, 11) is 0. The monoisotopic (exact) mass is 174 g/mol. The fourth-order valence-corrected chi connectivity index (χ4v) is 1.51. The molecule has 0 unspecified atom stereocenters. The fourth-order valence-electron chi connectivity index (χ4n) is 1.51. The van der Waals surface area contributed by atoms with Gasteiger partial charge in [0.2, 0.25) is 0 Å². The van der Waals surface area contributed by atoms with E-state index in [4.69, 9.17) is 0 Å². The third kappa shape index (κ3) is 1.31. The summed E-state index contributed by atoms with van der Waals surface area (Å²) in [6.07, 6.45) is 0. The van der Waals surface area contributed by atoms with Crippen LogP contribution in [-0.4, -0.2) is 10.2 Å². The molecule has 0 bridgehead atoms. The number of aryl methyl sites for hydroxylation is 1. The summed E-state index contributed by atoms with van der Waals surface area (Å²) in [5, 5.41) is 20.5. The maximum atomic E-state index is 9.32. The second kappa shape index (κ2) is 2.66. The molecule has 2 rings (SSSR count). The Balaban J connectivity index is 2.87. The van der Waals surface area contributed by atoms with E-state index >= 15 is 0 Å². The Morgan fingerprint density at radius 1 is 0.923 bits per heavy atom. The van der Waals surface area contributed by atoms with E-state index in [1.165, 1.54) is 0 Å². The molecule has 0 radical (unpaired) electrons. The maximum Gasteiger partial charge on any atom is 0.116 e. The standard InChI is InChI=1S/C11H10O2/c1-7-4-10(13)5-8-2-3-9(12)6-11(7)8/h2-6,12-13H,1H3. The molecule has 0 atom stereocenters. The number of hydrogen-bond donors (Lipinski definition) is 2. The van der Waals surface area contributed by atoms with Crippen molar-refractivity contribution < 1.29 is 10.2 Å². The van der Waals surface area contributed by atoms with Crippen LogP contribution in [0, 0.1) is 6.92 Å². The summed E-state index contributed by atoms with van der Waals surface area (Å²) in [5.41, 5.74) is 0.964. The van der Waals surface area contributed by atoms with E-state index in [9.17, 15) is 10.2 Å². The van der Waals surface area contributed by atoms with Crippen LogP contribution in [0.15, 0.2) is 30.3 Å². The van der Waals surface area contributed by atoms with Crippen LogP contribution < -0.4 is 0 Å². The third-order valence-electron chi connectivity index (χ3n) is 2.13. The molecule has 0 spiro atoms. The average molecular weight is 174 g/mol. The van der Waals surface area contributed by atoms with Gasteiger partial charge in [-0.25, -0.2) is 0 Å². The van der Waals surface area contributed by atoms with Gasteiger partial charge in [0.25, 0.3) is 0 Å². The van der Waals surface area contributed by atoms with Crippen molar-refractivity contribution in [2.75, 3.05) is 0 Å². The predicted molar refractivity (Wildman–Crippen MR) is 52.0 cm³/mol.